The fourth-order valence-electron chi connectivity index (χ4n) is 6.21. The molecule has 220 valence electrons. The molecule has 0 unspecified atom stereocenters. The third kappa shape index (κ3) is 5.20. The third-order valence-corrected chi connectivity index (χ3v) is 9.22. The molecular weight excluding hydrogens is 571 g/mol. The molecule has 0 aliphatic carbocycles. The Balaban J connectivity index is 1.34. The van der Waals surface area contributed by atoms with Gasteiger partial charge in [-0.3, -0.25) is 9.13 Å². The fraction of sp³-hybridized carbons (Fsp3) is 0.154. The zero-order valence-corrected chi connectivity index (χ0v) is 26.6. The summed E-state index contributed by atoms with van der Waals surface area (Å²) in [6, 6.07) is 33.7. The van der Waals surface area contributed by atoms with Gasteiger partial charge in [-0.1, -0.05) is 88.0 Å². The fourth-order valence-corrected chi connectivity index (χ4v) is 7.15. The van der Waals surface area contributed by atoms with Crippen LogP contribution in [0.5, 0.6) is 0 Å². The van der Waals surface area contributed by atoms with Gasteiger partial charge in [-0.25, -0.2) is 14.8 Å². The summed E-state index contributed by atoms with van der Waals surface area (Å²) >= 11 is 1.66. The van der Waals surface area contributed by atoms with E-state index in [2.05, 4.69) is 113 Å². The number of nitrogens with zero attached hydrogens (tertiary/aromatic N) is 5. The molecule has 0 fully saturated rings. The van der Waals surface area contributed by atoms with Gasteiger partial charge in [-0.05, 0) is 71.5 Å². The summed E-state index contributed by atoms with van der Waals surface area (Å²) < 4.78 is 4.44. The highest BCUT2D eigenvalue weighted by atomic mass is 32.2. The summed E-state index contributed by atoms with van der Waals surface area (Å²) in [5, 5.41) is 2.38. The van der Waals surface area contributed by atoms with E-state index in [1.807, 2.05) is 48.9 Å². The molecule has 0 saturated heterocycles. The number of pyridine rings is 1. The van der Waals surface area contributed by atoms with E-state index in [0.29, 0.717) is 17.5 Å². The van der Waals surface area contributed by atoms with Gasteiger partial charge in [0.2, 0.25) is 0 Å². The maximum atomic E-state index is 7.91. The molecule has 0 aliphatic heterocycles. The summed E-state index contributed by atoms with van der Waals surface area (Å²) in [7, 11) is 0. The zero-order valence-electron chi connectivity index (χ0n) is 25.8. The van der Waals surface area contributed by atoms with Crippen molar-refractivity contribution in [1.29, 1.82) is 0 Å². The van der Waals surface area contributed by atoms with Crippen LogP contribution in [0.25, 0.3) is 49.5 Å². The predicted octanol–water partition coefficient (Wildman–Crippen LogP) is 11.0. The number of benzene rings is 4. The first-order chi connectivity index (χ1) is 21.9. The molecule has 0 bridgehead atoms. The SMILES string of the molecule is [C-]#[N+]c1cc(Sc2ccc3c4ccccc4n(-c4ccccn4)c3c2)cc(-c2nccn2-c2c(C(C)C)cccc2C(C)C)c1. The Kier molecular flexibility index (Phi) is 7.48. The van der Waals surface area contributed by atoms with E-state index in [1.165, 1.54) is 27.6 Å². The molecule has 3 heterocycles. The van der Waals surface area contributed by atoms with Crippen molar-refractivity contribution in [2.75, 3.05) is 0 Å². The molecule has 45 heavy (non-hydrogen) atoms. The van der Waals surface area contributed by atoms with E-state index < -0.39 is 0 Å². The first-order valence-electron chi connectivity index (χ1n) is 15.2. The van der Waals surface area contributed by atoms with Crippen LogP contribution in [0.3, 0.4) is 0 Å². The van der Waals surface area contributed by atoms with Gasteiger partial charge in [0.15, 0.2) is 5.69 Å². The first kappa shape index (κ1) is 28.6. The Morgan fingerprint density at radius 1 is 0.689 bits per heavy atom. The number of hydrogen-bond donors (Lipinski definition) is 0. The molecule has 0 N–H and O–H groups in total. The minimum atomic E-state index is 0.353. The van der Waals surface area contributed by atoms with E-state index in [1.54, 1.807) is 11.8 Å². The van der Waals surface area contributed by atoms with Gasteiger partial charge in [-0.2, -0.15) is 0 Å². The Morgan fingerprint density at radius 2 is 1.44 bits per heavy atom. The first-order valence-corrected chi connectivity index (χ1v) is 16.1. The summed E-state index contributed by atoms with van der Waals surface area (Å²) in [4.78, 5) is 15.5. The van der Waals surface area contributed by atoms with Gasteiger partial charge in [-0.15, -0.1) is 0 Å². The Bertz CT molecular complexity index is 2190. The maximum absolute atomic E-state index is 7.91. The van der Waals surface area contributed by atoms with Crippen molar-refractivity contribution in [3.05, 3.63) is 138 Å². The number of imidazole rings is 1. The lowest BCUT2D eigenvalue weighted by Crippen LogP contribution is -2.07. The minimum absolute atomic E-state index is 0.353. The van der Waals surface area contributed by atoms with Crippen LogP contribution in [0.15, 0.2) is 125 Å². The van der Waals surface area contributed by atoms with E-state index in [0.717, 1.165) is 38.0 Å². The maximum Gasteiger partial charge on any atom is 0.189 e. The van der Waals surface area contributed by atoms with Gasteiger partial charge in [0.25, 0.3) is 0 Å². The lowest BCUT2D eigenvalue weighted by molar-refractivity contribution is 0.806. The van der Waals surface area contributed by atoms with Gasteiger partial charge in [0.1, 0.15) is 11.6 Å². The molecule has 0 saturated carbocycles. The van der Waals surface area contributed by atoms with Crippen molar-refractivity contribution in [3.63, 3.8) is 0 Å². The average Bonchev–Trinajstić information content (AvgIpc) is 3.67. The molecule has 0 radical (unpaired) electrons. The van der Waals surface area contributed by atoms with E-state index in [9.17, 15) is 0 Å². The van der Waals surface area contributed by atoms with E-state index in [4.69, 9.17) is 11.6 Å². The monoisotopic (exact) mass is 603 g/mol. The predicted molar refractivity (Wildman–Crippen MR) is 186 cm³/mol. The van der Waals surface area contributed by atoms with Crippen molar-refractivity contribution >= 4 is 39.3 Å². The largest absolute Gasteiger partial charge is 0.299 e. The lowest BCUT2D eigenvalue weighted by atomic mass is 9.92. The molecule has 7 rings (SSSR count). The van der Waals surface area contributed by atoms with Crippen LogP contribution in [0.1, 0.15) is 50.7 Å². The summed E-state index contributed by atoms with van der Waals surface area (Å²) in [6.07, 6.45) is 5.74. The summed E-state index contributed by atoms with van der Waals surface area (Å²) in [5.74, 6) is 2.43. The van der Waals surface area contributed by atoms with Crippen molar-refractivity contribution in [3.8, 4) is 22.9 Å². The van der Waals surface area contributed by atoms with Crippen molar-refractivity contribution in [1.82, 2.24) is 19.1 Å². The topological polar surface area (TPSA) is 40.0 Å². The second kappa shape index (κ2) is 11.8. The number of rotatable bonds is 7. The molecule has 0 aliphatic rings. The van der Waals surface area contributed by atoms with Crippen LogP contribution >= 0.6 is 11.8 Å². The zero-order chi connectivity index (χ0) is 31.1. The van der Waals surface area contributed by atoms with Crippen LogP contribution in [-0.4, -0.2) is 19.1 Å². The number of fused-ring (bicyclic) bond motifs is 3. The van der Waals surface area contributed by atoms with E-state index >= 15 is 0 Å². The minimum Gasteiger partial charge on any atom is -0.299 e. The lowest BCUT2D eigenvalue weighted by Gasteiger charge is -2.22. The standard InChI is InChI=1S/C39H33N5S/c1-25(2)31-12-10-13-32(26(3)4)38(31)43-20-19-42-39(43)27-21-28(40-5)23-30(22-27)45-29-16-17-34-33-11-6-7-14-35(33)44(36(34)24-29)37-15-8-9-18-41-37/h6-26H,1-4H3. The molecule has 5 nitrogen and oxygen atoms in total. The Hall–Kier alpha value is -5.12. The highest BCUT2D eigenvalue weighted by Crippen LogP contribution is 2.40. The number of aromatic nitrogens is 4. The quantitative estimate of drug-likeness (QED) is 0.170. The average molecular weight is 604 g/mol. The van der Waals surface area contributed by atoms with Crippen molar-refractivity contribution in [2.24, 2.45) is 0 Å². The third-order valence-electron chi connectivity index (χ3n) is 8.26. The van der Waals surface area contributed by atoms with Gasteiger partial charge in [0, 0.05) is 44.7 Å². The molecule has 7 aromatic rings. The molecular formula is C39H33N5S. The Morgan fingerprint density at radius 3 is 2.18 bits per heavy atom. The highest BCUT2D eigenvalue weighted by Gasteiger charge is 2.20. The van der Waals surface area contributed by atoms with Crippen LogP contribution in [-0.2, 0) is 0 Å². The summed E-state index contributed by atoms with van der Waals surface area (Å²) in [6.45, 7) is 16.8. The number of para-hydroxylation sites is 2. The van der Waals surface area contributed by atoms with Gasteiger partial charge < -0.3 is 0 Å². The Labute approximate surface area is 268 Å². The molecule has 6 heteroatoms. The highest BCUT2D eigenvalue weighted by molar-refractivity contribution is 7.99. The smallest absolute Gasteiger partial charge is 0.189 e. The van der Waals surface area contributed by atoms with Crippen LogP contribution in [0.2, 0.25) is 0 Å². The van der Waals surface area contributed by atoms with Crippen LogP contribution in [0.4, 0.5) is 5.69 Å². The normalized spacial score (nSPS) is 11.6. The molecule has 3 aromatic heterocycles. The second-order valence-electron chi connectivity index (χ2n) is 11.9. The van der Waals surface area contributed by atoms with Gasteiger partial charge in [0.05, 0.1) is 23.3 Å². The van der Waals surface area contributed by atoms with Crippen molar-refractivity contribution < 1.29 is 0 Å². The number of hydrogen-bond acceptors (Lipinski definition) is 3. The van der Waals surface area contributed by atoms with Crippen LogP contribution < -0.4 is 0 Å². The molecule has 4 aromatic carbocycles. The van der Waals surface area contributed by atoms with E-state index in [-0.39, 0.29) is 0 Å². The molecule has 0 spiro atoms. The van der Waals surface area contributed by atoms with Gasteiger partial charge >= 0.3 is 0 Å². The summed E-state index contributed by atoms with van der Waals surface area (Å²) in [5.41, 5.74) is 7.50. The molecule has 0 amide bonds. The van der Waals surface area contributed by atoms with Crippen molar-refractivity contribution in [2.45, 2.75) is 49.3 Å². The second-order valence-corrected chi connectivity index (χ2v) is 13.0. The molecule has 0 atom stereocenters. The van der Waals surface area contributed by atoms with Crippen LogP contribution in [0, 0.1) is 6.57 Å².